The Morgan fingerprint density at radius 1 is 1.55 bits per heavy atom. The zero-order valence-electron chi connectivity index (χ0n) is 7.14. The second-order valence-corrected chi connectivity index (χ2v) is 2.09. The molecule has 0 N–H and O–H groups in total. The van der Waals surface area contributed by atoms with Gasteiger partial charge in [-0.15, -0.1) is 11.8 Å². The van der Waals surface area contributed by atoms with Crippen LogP contribution in [0.5, 0.6) is 0 Å². The van der Waals surface area contributed by atoms with Gasteiger partial charge in [0.05, 0.1) is 6.61 Å². The molecule has 0 heterocycles. The SMILES string of the molecule is CC#CCCCC(=O)OCC. The standard InChI is InChI=1S/C9H14O2/c1-3-5-6-7-8-9(10)11-4-2/h4,6-8H2,1-2H3. The van der Waals surface area contributed by atoms with Gasteiger partial charge in [-0.1, -0.05) is 0 Å². The Kier molecular flexibility index (Phi) is 6.51. The quantitative estimate of drug-likeness (QED) is 0.350. The van der Waals surface area contributed by atoms with E-state index in [0.29, 0.717) is 13.0 Å². The zero-order chi connectivity index (χ0) is 8.53. The van der Waals surface area contributed by atoms with Crippen LogP contribution in [0.15, 0.2) is 0 Å². The molecule has 0 saturated carbocycles. The van der Waals surface area contributed by atoms with Crippen LogP contribution in [0.25, 0.3) is 0 Å². The molecule has 0 atom stereocenters. The van der Waals surface area contributed by atoms with Gasteiger partial charge in [0.15, 0.2) is 0 Å². The van der Waals surface area contributed by atoms with Gasteiger partial charge in [-0.25, -0.2) is 0 Å². The first-order valence-corrected chi connectivity index (χ1v) is 3.86. The number of unbranched alkanes of at least 4 members (excludes halogenated alkanes) is 1. The highest BCUT2D eigenvalue weighted by Gasteiger charge is 1.98. The largest absolute Gasteiger partial charge is 0.466 e. The molecule has 0 bridgehead atoms. The van der Waals surface area contributed by atoms with E-state index in [9.17, 15) is 4.79 Å². The summed E-state index contributed by atoms with van der Waals surface area (Å²) in [5, 5.41) is 0. The molecule has 0 amide bonds. The molecule has 0 aliphatic carbocycles. The second-order valence-electron chi connectivity index (χ2n) is 2.09. The van der Waals surface area contributed by atoms with Gasteiger partial charge < -0.3 is 4.74 Å². The molecule has 0 fully saturated rings. The zero-order valence-corrected chi connectivity index (χ0v) is 7.14. The maximum Gasteiger partial charge on any atom is 0.305 e. The molecule has 0 saturated heterocycles. The molecular weight excluding hydrogens is 140 g/mol. The van der Waals surface area contributed by atoms with Crippen molar-refractivity contribution in [3.8, 4) is 11.8 Å². The Balaban J connectivity index is 3.22. The van der Waals surface area contributed by atoms with Crippen LogP contribution in [0.3, 0.4) is 0 Å². The van der Waals surface area contributed by atoms with Crippen molar-refractivity contribution in [2.24, 2.45) is 0 Å². The van der Waals surface area contributed by atoms with Crippen molar-refractivity contribution in [2.75, 3.05) is 6.61 Å². The maximum absolute atomic E-state index is 10.7. The minimum Gasteiger partial charge on any atom is -0.466 e. The molecule has 0 aromatic rings. The van der Waals surface area contributed by atoms with Gasteiger partial charge in [0, 0.05) is 12.8 Å². The molecule has 2 heteroatoms. The van der Waals surface area contributed by atoms with Crippen molar-refractivity contribution in [2.45, 2.75) is 33.1 Å². The van der Waals surface area contributed by atoms with E-state index in [1.54, 1.807) is 6.92 Å². The van der Waals surface area contributed by atoms with E-state index in [4.69, 9.17) is 4.74 Å². The predicted octanol–water partition coefficient (Wildman–Crippen LogP) is 1.74. The maximum atomic E-state index is 10.7. The average molecular weight is 154 g/mol. The Morgan fingerprint density at radius 2 is 2.27 bits per heavy atom. The van der Waals surface area contributed by atoms with E-state index in [1.807, 2.05) is 6.92 Å². The lowest BCUT2D eigenvalue weighted by molar-refractivity contribution is -0.143. The average Bonchev–Trinajstić information content (AvgIpc) is 1.99. The number of rotatable bonds is 4. The van der Waals surface area contributed by atoms with Crippen molar-refractivity contribution >= 4 is 5.97 Å². The van der Waals surface area contributed by atoms with Crippen molar-refractivity contribution in [3.63, 3.8) is 0 Å². The van der Waals surface area contributed by atoms with Gasteiger partial charge in [0.1, 0.15) is 0 Å². The highest BCUT2D eigenvalue weighted by atomic mass is 16.5. The molecule has 0 aliphatic heterocycles. The summed E-state index contributed by atoms with van der Waals surface area (Å²) in [7, 11) is 0. The molecule has 0 aliphatic rings. The Hall–Kier alpha value is -0.970. The molecule has 0 aromatic heterocycles. The van der Waals surface area contributed by atoms with Gasteiger partial charge in [0.2, 0.25) is 0 Å². The van der Waals surface area contributed by atoms with E-state index in [1.165, 1.54) is 0 Å². The first kappa shape index (κ1) is 10.0. The molecule has 0 radical (unpaired) electrons. The third-order valence-corrected chi connectivity index (χ3v) is 1.16. The summed E-state index contributed by atoms with van der Waals surface area (Å²) in [4.78, 5) is 10.7. The Bertz CT molecular complexity index is 162. The van der Waals surface area contributed by atoms with Crippen LogP contribution in [0, 0.1) is 11.8 Å². The molecular formula is C9H14O2. The molecule has 11 heavy (non-hydrogen) atoms. The number of ether oxygens (including phenoxy) is 1. The predicted molar refractivity (Wildman–Crippen MR) is 43.9 cm³/mol. The number of hydrogen-bond donors (Lipinski definition) is 0. The van der Waals surface area contributed by atoms with E-state index in [0.717, 1.165) is 12.8 Å². The fourth-order valence-electron chi connectivity index (χ4n) is 0.679. The lowest BCUT2D eigenvalue weighted by atomic mass is 10.2. The van der Waals surface area contributed by atoms with Gasteiger partial charge in [-0.2, -0.15) is 0 Å². The summed E-state index contributed by atoms with van der Waals surface area (Å²) in [6, 6.07) is 0. The molecule has 62 valence electrons. The van der Waals surface area contributed by atoms with Crippen molar-refractivity contribution in [1.82, 2.24) is 0 Å². The van der Waals surface area contributed by atoms with Crippen LogP contribution in [-0.2, 0) is 9.53 Å². The first-order chi connectivity index (χ1) is 5.31. The number of carbonyl (C=O) groups is 1. The number of hydrogen-bond acceptors (Lipinski definition) is 2. The lowest BCUT2D eigenvalue weighted by Crippen LogP contribution is -2.02. The third-order valence-electron chi connectivity index (χ3n) is 1.16. The molecule has 0 aromatic carbocycles. The normalized spacial score (nSPS) is 8.18. The van der Waals surface area contributed by atoms with Crippen molar-refractivity contribution in [1.29, 1.82) is 0 Å². The molecule has 0 unspecified atom stereocenters. The lowest BCUT2D eigenvalue weighted by Gasteiger charge is -1.97. The van der Waals surface area contributed by atoms with Crippen LogP contribution in [0.2, 0.25) is 0 Å². The summed E-state index contributed by atoms with van der Waals surface area (Å²) in [6.07, 6.45) is 2.08. The Morgan fingerprint density at radius 3 is 2.82 bits per heavy atom. The van der Waals surface area contributed by atoms with Gasteiger partial charge in [-0.3, -0.25) is 4.79 Å². The molecule has 0 rings (SSSR count). The van der Waals surface area contributed by atoms with E-state index >= 15 is 0 Å². The minimum absolute atomic E-state index is 0.120. The van der Waals surface area contributed by atoms with Crippen molar-refractivity contribution < 1.29 is 9.53 Å². The molecule has 2 nitrogen and oxygen atoms in total. The number of esters is 1. The fraction of sp³-hybridized carbons (Fsp3) is 0.667. The smallest absolute Gasteiger partial charge is 0.305 e. The van der Waals surface area contributed by atoms with Crippen LogP contribution >= 0.6 is 0 Å². The first-order valence-electron chi connectivity index (χ1n) is 3.86. The van der Waals surface area contributed by atoms with Crippen LogP contribution in [0.1, 0.15) is 33.1 Å². The highest BCUT2D eigenvalue weighted by molar-refractivity contribution is 5.69. The van der Waals surface area contributed by atoms with Crippen LogP contribution in [0.4, 0.5) is 0 Å². The third kappa shape index (κ3) is 6.92. The number of carbonyl (C=O) groups excluding carboxylic acids is 1. The van der Waals surface area contributed by atoms with Gasteiger partial charge in [-0.05, 0) is 20.3 Å². The molecule has 0 spiro atoms. The summed E-state index contributed by atoms with van der Waals surface area (Å²) in [5.74, 6) is 5.54. The topological polar surface area (TPSA) is 26.3 Å². The van der Waals surface area contributed by atoms with Crippen LogP contribution < -0.4 is 0 Å². The minimum atomic E-state index is -0.120. The Labute approximate surface area is 67.9 Å². The summed E-state index contributed by atoms with van der Waals surface area (Å²) < 4.78 is 4.73. The monoisotopic (exact) mass is 154 g/mol. The summed E-state index contributed by atoms with van der Waals surface area (Å²) in [5.41, 5.74) is 0. The summed E-state index contributed by atoms with van der Waals surface area (Å²) in [6.45, 7) is 4.08. The van der Waals surface area contributed by atoms with E-state index < -0.39 is 0 Å². The second kappa shape index (κ2) is 7.14. The van der Waals surface area contributed by atoms with E-state index in [-0.39, 0.29) is 5.97 Å². The van der Waals surface area contributed by atoms with Gasteiger partial charge >= 0.3 is 5.97 Å². The van der Waals surface area contributed by atoms with Crippen LogP contribution in [-0.4, -0.2) is 12.6 Å². The fourth-order valence-corrected chi connectivity index (χ4v) is 0.679. The van der Waals surface area contributed by atoms with Crippen molar-refractivity contribution in [3.05, 3.63) is 0 Å². The summed E-state index contributed by atoms with van der Waals surface area (Å²) >= 11 is 0. The highest BCUT2D eigenvalue weighted by Crippen LogP contribution is 1.95. The van der Waals surface area contributed by atoms with E-state index in [2.05, 4.69) is 11.8 Å². The van der Waals surface area contributed by atoms with Gasteiger partial charge in [0.25, 0.3) is 0 Å².